The number of hydrogen-bond donors (Lipinski definition) is 1. The monoisotopic (exact) mass is 232 g/mol. The smallest absolute Gasteiger partial charge is 0.241 e. The molecule has 82 valence electrons. The second kappa shape index (κ2) is 3.42. The summed E-state index contributed by atoms with van der Waals surface area (Å²) in [5, 5.41) is 4.92. The number of nitrogens with two attached hydrogens (primary N) is 1. The van der Waals surface area contributed by atoms with Crippen molar-refractivity contribution in [3.63, 3.8) is 0 Å². The average molecular weight is 232 g/mol. The fourth-order valence-corrected chi connectivity index (χ4v) is 1.72. The SMILES string of the molecule is NS(=O)(=O)c1cc(F)ncc1OC1CC1. The third kappa shape index (κ3) is 2.42. The molecule has 1 aromatic rings. The Kier molecular flexibility index (Phi) is 2.35. The van der Waals surface area contributed by atoms with Crippen molar-refractivity contribution in [2.24, 2.45) is 5.14 Å². The van der Waals surface area contributed by atoms with Crippen LogP contribution >= 0.6 is 0 Å². The molecule has 1 aliphatic rings. The first-order valence-electron chi connectivity index (χ1n) is 4.32. The lowest BCUT2D eigenvalue weighted by atomic mass is 10.4. The van der Waals surface area contributed by atoms with Gasteiger partial charge in [-0.05, 0) is 12.8 Å². The Bertz CT molecular complexity index is 485. The Labute approximate surface area is 86.1 Å². The number of nitrogens with zero attached hydrogens (tertiary/aromatic N) is 1. The van der Waals surface area contributed by atoms with Crippen molar-refractivity contribution in [1.82, 2.24) is 4.98 Å². The molecule has 0 spiro atoms. The van der Waals surface area contributed by atoms with Crippen LogP contribution in [0.4, 0.5) is 4.39 Å². The maximum atomic E-state index is 12.7. The lowest BCUT2D eigenvalue weighted by Crippen LogP contribution is -2.15. The standard InChI is InChI=1S/C8H9FN2O3S/c9-8-3-7(15(10,12)13)6(4-11-8)14-5-1-2-5/h3-5H,1-2H2,(H2,10,12,13). The van der Waals surface area contributed by atoms with Gasteiger partial charge in [-0.25, -0.2) is 18.5 Å². The molecule has 0 atom stereocenters. The normalized spacial score (nSPS) is 16.4. The van der Waals surface area contributed by atoms with Crippen molar-refractivity contribution >= 4 is 10.0 Å². The van der Waals surface area contributed by atoms with Crippen molar-refractivity contribution in [3.05, 3.63) is 18.2 Å². The summed E-state index contributed by atoms with van der Waals surface area (Å²) < 4.78 is 40.2. The third-order valence-electron chi connectivity index (χ3n) is 1.92. The Hall–Kier alpha value is -1.21. The second-order valence-corrected chi connectivity index (χ2v) is 4.85. The quantitative estimate of drug-likeness (QED) is 0.765. The third-order valence-corrected chi connectivity index (χ3v) is 2.85. The van der Waals surface area contributed by atoms with Gasteiger partial charge in [0.15, 0.2) is 5.75 Å². The molecule has 0 saturated heterocycles. The van der Waals surface area contributed by atoms with Gasteiger partial charge < -0.3 is 4.74 Å². The second-order valence-electron chi connectivity index (χ2n) is 3.32. The van der Waals surface area contributed by atoms with Gasteiger partial charge in [-0.2, -0.15) is 4.39 Å². The summed E-state index contributed by atoms with van der Waals surface area (Å²) in [4.78, 5) is 2.96. The molecule has 1 saturated carbocycles. The van der Waals surface area contributed by atoms with Crippen LogP contribution in [0.25, 0.3) is 0 Å². The number of pyridine rings is 1. The minimum atomic E-state index is -3.98. The van der Waals surface area contributed by atoms with Crippen LogP contribution < -0.4 is 9.88 Å². The zero-order valence-corrected chi connectivity index (χ0v) is 8.50. The molecule has 15 heavy (non-hydrogen) atoms. The van der Waals surface area contributed by atoms with Crippen LogP contribution in [-0.2, 0) is 10.0 Å². The summed E-state index contributed by atoms with van der Waals surface area (Å²) in [7, 11) is -3.98. The molecule has 5 nitrogen and oxygen atoms in total. The summed E-state index contributed by atoms with van der Waals surface area (Å²) in [6.07, 6.45) is 2.76. The Morgan fingerprint density at radius 2 is 2.20 bits per heavy atom. The maximum absolute atomic E-state index is 12.7. The van der Waals surface area contributed by atoms with Crippen LogP contribution in [0.15, 0.2) is 17.2 Å². The Morgan fingerprint density at radius 1 is 1.53 bits per heavy atom. The number of rotatable bonds is 3. The highest BCUT2D eigenvalue weighted by molar-refractivity contribution is 7.89. The predicted octanol–water partition coefficient (Wildman–Crippen LogP) is 0.409. The first-order chi connectivity index (χ1) is 6.97. The molecule has 1 aliphatic carbocycles. The summed E-state index contributed by atoms with van der Waals surface area (Å²) in [5.74, 6) is -0.886. The largest absolute Gasteiger partial charge is 0.487 e. The summed E-state index contributed by atoms with van der Waals surface area (Å²) >= 11 is 0. The van der Waals surface area contributed by atoms with E-state index in [1.807, 2.05) is 0 Å². The van der Waals surface area contributed by atoms with Crippen LogP contribution in [0.5, 0.6) is 5.75 Å². The van der Waals surface area contributed by atoms with Crippen LogP contribution in [-0.4, -0.2) is 19.5 Å². The minimum absolute atomic E-state index is 0.00207. The molecule has 0 bridgehead atoms. The highest BCUT2D eigenvalue weighted by Gasteiger charge is 2.27. The van der Waals surface area contributed by atoms with E-state index in [4.69, 9.17) is 9.88 Å². The van der Waals surface area contributed by atoms with Crippen molar-refractivity contribution in [2.45, 2.75) is 23.8 Å². The van der Waals surface area contributed by atoms with Gasteiger partial charge in [0.25, 0.3) is 0 Å². The van der Waals surface area contributed by atoms with E-state index in [9.17, 15) is 12.8 Å². The van der Waals surface area contributed by atoms with Crippen molar-refractivity contribution in [3.8, 4) is 5.75 Å². The summed E-state index contributed by atoms with van der Waals surface area (Å²) in [6.45, 7) is 0. The zero-order valence-electron chi connectivity index (χ0n) is 7.68. The van der Waals surface area contributed by atoms with Gasteiger partial charge in [-0.3, -0.25) is 0 Å². The van der Waals surface area contributed by atoms with E-state index >= 15 is 0 Å². The molecule has 2 rings (SSSR count). The van der Waals surface area contributed by atoms with Crippen molar-refractivity contribution in [2.75, 3.05) is 0 Å². The molecular weight excluding hydrogens is 223 g/mol. The maximum Gasteiger partial charge on any atom is 0.241 e. The van der Waals surface area contributed by atoms with Gasteiger partial charge >= 0.3 is 0 Å². The first-order valence-corrected chi connectivity index (χ1v) is 5.86. The lowest BCUT2D eigenvalue weighted by molar-refractivity contribution is 0.292. The minimum Gasteiger partial charge on any atom is -0.487 e. The molecule has 7 heteroatoms. The van der Waals surface area contributed by atoms with E-state index in [1.165, 1.54) is 0 Å². The number of ether oxygens (including phenoxy) is 1. The van der Waals surface area contributed by atoms with E-state index < -0.39 is 16.0 Å². The molecule has 1 heterocycles. The van der Waals surface area contributed by atoms with E-state index in [-0.39, 0.29) is 16.7 Å². The number of hydrogen-bond acceptors (Lipinski definition) is 4. The van der Waals surface area contributed by atoms with Gasteiger partial charge in [0.2, 0.25) is 16.0 Å². The number of primary sulfonamides is 1. The molecular formula is C8H9FN2O3S. The average Bonchev–Trinajstić information content (AvgIpc) is 2.90. The molecule has 2 N–H and O–H groups in total. The molecule has 0 aliphatic heterocycles. The first kappa shape index (κ1) is 10.3. The fraction of sp³-hybridized carbons (Fsp3) is 0.375. The number of aromatic nitrogens is 1. The highest BCUT2D eigenvalue weighted by atomic mass is 32.2. The predicted molar refractivity (Wildman–Crippen MR) is 49.2 cm³/mol. The van der Waals surface area contributed by atoms with Crippen LogP contribution in [0.1, 0.15) is 12.8 Å². The molecule has 1 aromatic heterocycles. The zero-order chi connectivity index (χ0) is 11.1. The summed E-state index contributed by atoms with van der Waals surface area (Å²) in [6, 6.07) is 0.757. The lowest BCUT2D eigenvalue weighted by Gasteiger charge is -2.08. The Morgan fingerprint density at radius 3 is 2.73 bits per heavy atom. The Balaban J connectivity index is 2.43. The van der Waals surface area contributed by atoms with E-state index in [0.29, 0.717) is 0 Å². The van der Waals surface area contributed by atoms with Crippen LogP contribution in [0.3, 0.4) is 0 Å². The molecule has 0 amide bonds. The van der Waals surface area contributed by atoms with E-state index in [0.717, 1.165) is 25.1 Å². The molecule has 0 radical (unpaired) electrons. The molecule has 0 unspecified atom stereocenters. The van der Waals surface area contributed by atoms with Gasteiger partial charge in [-0.1, -0.05) is 0 Å². The van der Waals surface area contributed by atoms with Gasteiger partial charge in [0, 0.05) is 6.07 Å². The van der Waals surface area contributed by atoms with Gasteiger partial charge in [0.05, 0.1) is 12.3 Å². The summed E-state index contributed by atoms with van der Waals surface area (Å²) in [5.41, 5.74) is 0. The van der Waals surface area contributed by atoms with Crippen LogP contribution in [0, 0.1) is 5.95 Å². The van der Waals surface area contributed by atoms with Gasteiger partial charge in [-0.15, -0.1) is 0 Å². The van der Waals surface area contributed by atoms with Crippen LogP contribution in [0.2, 0.25) is 0 Å². The highest BCUT2D eigenvalue weighted by Crippen LogP contribution is 2.30. The van der Waals surface area contributed by atoms with Crippen molar-refractivity contribution < 1.29 is 17.5 Å². The molecule has 0 aromatic carbocycles. The molecule has 1 fully saturated rings. The van der Waals surface area contributed by atoms with Crippen molar-refractivity contribution in [1.29, 1.82) is 0 Å². The van der Waals surface area contributed by atoms with E-state index in [1.54, 1.807) is 0 Å². The topological polar surface area (TPSA) is 82.3 Å². The number of halogens is 1. The number of sulfonamides is 1. The van der Waals surface area contributed by atoms with E-state index in [2.05, 4.69) is 4.98 Å². The van der Waals surface area contributed by atoms with Gasteiger partial charge in [0.1, 0.15) is 4.90 Å². The fourth-order valence-electron chi connectivity index (χ4n) is 1.08.